The average Bonchev–Trinajstić information content (AvgIpc) is 2.46. The molecular weight excluding hydrogens is 240 g/mol. The summed E-state index contributed by atoms with van der Waals surface area (Å²) >= 11 is 0. The number of hydrogen-bond donors (Lipinski definition) is 0. The Balaban J connectivity index is 2.47. The van der Waals surface area contributed by atoms with Crippen LogP contribution in [0.1, 0.15) is 21.5 Å². The van der Waals surface area contributed by atoms with Crippen LogP contribution in [0, 0.1) is 6.92 Å². The minimum Gasteiger partial charge on any atom is -0.493 e. The van der Waals surface area contributed by atoms with Crippen molar-refractivity contribution in [2.45, 2.75) is 6.92 Å². The maximum Gasteiger partial charge on any atom is 0.193 e. The molecule has 3 heteroatoms. The van der Waals surface area contributed by atoms with Crippen molar-refractivity contribution in [2.24, 2.45) is 0 Å². The van der Waals surface area contributed by atoms with Crippen LogP contribution in [-0.2, 0) is 0 Å². The molecule has 0 saturated heterocycles. The lowest BCUT2D eigenvalue weighted by molar-refractivity contribution is 0.103. The zero-order valence-corrected chi connectivity index (χ0v) is 11.3. The molecule has 0 N–H and O–H groups in total. The van der Waals surface area contributed by atoms with Gasteiger partial charge in [0, 0.05) is 11.1 Å². The molecule has 0 amide bonds. The number of hydrogen-bond acceptors (Lipinski definition) is 3. The Morgan fingerprint density at radius 2 is 1.63 bits per heavy atom. The molecular formula is C16H16O3. The minimum atomic E-state index is -0.0235. The van der Waals surface area contributed by atoms with Gasteiger partial charge in [-0.25, -0.2) is 0 Å². The van der Waals surface area contributed by atoms with E-state index in [0.717, 1.165) is 5.56 Å². The van der Waals surface area contributed by atoms with E-state index in [0.29, 0.717) is 22.6 Å². The highest BCUT2D eigenvalue weighted by molar-refractivity contribution is 6.09. The monoisotopic (exact) mass is 256 g/mol. The molecule has 0 bridgehead atoms. The van der Waals surface area contributed by atoms with Crippen LogP contribution in [0.15, 0.2) is 42.5 Å². The first-order chi connectivity index (χ1) is 9.17. The third-order valence-electron chi connectivity index (χ3n) is 2.96. The number of carbonyl (C=O) groups excluding carboxylic acids is 1. The second-order valence-electron chi connectivity index (χ2n) is 4.22. The Kier molecular flexibility index (Phi) is 3.85. The number of methoxy groups -OCH3 is 2. The van der Waals surface area contributed by atoms with E-state index >= 15 is 0 Å². The molecule has 2 aromatic carbocycles. The summed E-state index contributed by atoms with van der Waals surface area (Å²) in [6, 6.07) is 12.7. The summed E-state index contributed by atoms with van der Waals surface area (Å²) in [5.74, 6) is 1.21. The minimum absolute atomic E-state index is 0.0235. The number of benzene rings is 2. The summed E-state index contributed by atoms with van der Waals surface area (Å²) in [7, 11) is 3.15. The van der Waals surface area contributed by atoms with Gasteiger partial charge in [-0.1, -0.05) is 30.3 Å². The second-order valence-corrected chi connectivity index (χ2v) is 4.22. The summed E-state index contributed by atoms with van der Waals surface area (Å²) in [4.78, 5) is 12.4. The van der Waals surface area contributed by atoms with Crippen molar-refractivity contribution >= 4 is 5.78 Å². The topological polar surface area (TPSA) is 35.5 Å². The van der Waals surface area contributed by atoms with Crippen molar-refractivity contribution in [3.8, 4) is 11.5 Å². The van der Waals surface area contributed by atoms with Gasteiger partial charge in [0.1, 0.15) is 0 Å². The molecule has 0 unspecified atom stereocenters. The average molecular weight is 256 g/mol. The lowest BCUT2D eigenvalue weighted by Gasteiger charge is -2.12. The predicted octanol–water partition coefficient (Wildman–Crippen LogP) is 3.24. The zero-order valence-electron chi connectivity index (χ0n) is 11.3. The first kappa shape index (κ1) is 13.1. The predicted molar refractivity (Wildman–Crippen MR) is 74.2 cm³/mol. The number of carbonyl (C=O) groups is 1. The molecule has 2 rings (SSSR count). The Labute approximate surface area is 112 Å². The molecule has 19 heavy (non-hydrogen) atoms. The maximum atomic E-state index is 12.4. The van der Waals surface area contributed by atoms with E-state index in [2.05, 4.69) is 0 Å². The summed E-state index contributed by atoms with van der Waals surface area (Å²) in [6.45, 7) is 1.89. The van der Waals surface area contributed by atoms with Gasteiger partial charge in [-0.15, -0.1) is 0 Å². The highest BCUT2D eigenvalue weighted by Crippen LogP contribution is 2.32. The molecule has 0 heterocycles. The van der Waals surface area contributed by atoms with E-state index in [1.54, 1.807) is 32.4 Å². The Bertz CT molecular complexity index is 588. The van der Waals surface area contributed by atoms with Crippen LogP contribution in [0.25, 0.3) is 0 Å². The number of ether oxygens (including phenoxy) is 2. The van der Waals surface area contributed by atoms with Gasteiger partial charge in [0.2, 0.25) is 0 Å². The van der Waals surface area contributed by atoms with Crippen molar-refractivity contribution in [3.63, 3.8) is 0 Å². The van der Waals surface area contributed by atoms with Gasteiger partial charge < -0.3 is 9.47 Å². The van der Waals surface area contributed by atoms with Gasteiger partial charge in [-0.3, -0.25) is 4.79 Å². The number of rotatable bonds is 4. The molecule has 2 aromatic rings. The van der Waals surface area contributed by atoms with Gasteiger partial charge in [0.15, 0.2) is 17.3 Å². The molecule has 0 spiro atoms. The van der Waals surface area contributed by atoms with E-state index in [-0.39, 0.29) is 5.78 Å². The van der Waals surface area contributed by atoms with Gasteiger partial charge in [0.05, 0.1) is 14.2 Å². The van der Waals surface area contributed by atoms with Crippen molar-refractivity contribution in [1.82, 2.24) is 0 Å². The standard InChI is InChI=1S/C16H16O3/c1-11-9-13(10-14(18-2)16(11)19-3)15(17)12-7-5-4-6-8-12/h4-10H,1-3H3. The number of aryl methyl sites for hydroxylation is 1. The molecule has 3 nitrogen and oxygen atoms in total. The summed E-state index contributed by atoms with van der Waals surface area (Å²) in [6.07, 6.45) is 0. The Morgan fingerprint density at radius 3 is 2.21 bits per heavy atom. The molecule has 0 atom stereocenters. The van der Waals surface area contributed by atoms with Crippen LogP contribution in [-0.4, -0.2) is 20.0 Å². The number of ketones is 1. The normalized spacial score (nSPS) is 10.1. The van der Waals surface area contributed by atoms with Crippen LogP contribution in [0.5, 0.6) is 11.5 Å². The van der Waals surface area contributed by atoms with Crippen molar-refractivity contribution in [2.75, 3.05) is 14.2 Å². The van der Waals surface area contributed by atoms with Crippen LogP contribution in [0.2, 0.25) is 0 Å². The van der Waals surface area contributed by atoms with Crippen LogP contribution >= 0.6 is 0 Å². The lowest BCUT2D eigenvalue weighted by atomic mass is 10.0. The maximum absolute atomic E-state index is 12.4. The summed E-state index contributed by atoms with van der Waals surface area (Å²) in [5.41, 5.74) is 2.14. The Hall–Kier alpha value is -2.29. The highest BCUT2D eigenvalue weighted by Gasteiger charge is 2.15. The quantitative estimate of drug-likeness (QED) is 0.788. The Morgan fingerprint density at radius 1 is 0.947 bits per heavy atom. The van der Waals surface area contributed by atoms with Crippen molar-refractivity contribution in [1.29, 1.82) is 0 Å². The van der Waals surface area contributed by atoms with Gasteiger partial charge in [-0.2, -0.15) is 0 Å². The fraction of sp³-hybridized carbons (Fsp3) is 0.188. The van der Waals surface area contributed by atoms with E-state index in [1.165, 1.54) is 0 Å². The van der Waals surface area contributed by atoms with E-state index in [1.807, 2.05) is 31.2 Å². The SMILES string of the molecule is COc1cc(C(=O)c2ccccc2)cc(C)c1OC. The first-order valence-electron chi connectivity index (χ1n) is 5.99. The molecule has 0 fully saturated rings. The third kappa shape index (κ3) is 2.60. The fourth-order valence-corrected chi connectivity index (χ4v) is 2.04. The van der Waals surface area contributed by atoms with Gasteiger partial charge in [-0.05, 0) is 24.6 Å². The summed E-state index contributed by atoms with van der Waals surface area (Å²) < 4.78 is 10.5. The fourth-order valence-electron chi connectivity index (χ4n) is 2.04. The molecule has 0 radical (unpaired) electrons. The van der Waals surface area contributed by atoms with Gasteiger partial charge in [0.25, 0.3) is 0 Å². The largest absolute Gasteiger partial charge is 0.493 e. The molecule has 0 aromatic heterocycles. The molecule has 0 aliphatic carbocycles. The van der Waals surface area contributed by atoms with Crippen LogP contribution in [0.4, 0.5) is 0 Å². The summed E-state index contributed by atoms with van der Waals surface area (Å²) in [5, 5.41) is 0. The second kappa shape index (κ2) is 5.57. The van der Waals surface area contributed by atoms with Crippen LogP contribution in [0.3, 0.4) is 0 Å². The highest BCUT2D eigenvalue weighted by atomic mass is 16.5. The molecule has 98 valence electrons. The first-order valence-corrected chi connectivity index (χ1v) is 5.99. The molecule has 0 saturated carbocycles. The van der Waals surface area contributed by atoms with Crippen molar-refractivity contribution < 1.29 is 14.3 Å². The molecule has 0 aliphatic rings. The van der Waals surface area contributed by atoms with E-state index in [9.17, 15) is 4.79 Å². The van der Waals surface area contributed by atoms with Gasteiger partial charge >= 0.3 is 0 Å². The lowest BCUT2D eigenvalue weighted by Crippen LogP contribution is -2.03. The zero-order chi connectivity index (χ0) is 13.8. The van der Waals surface area contributed by atoms with E-state index in [4.69, 9.17) is 9.47 Å². The van der Waals surface area contributed by atoms with E-state index < -0.39 is 0 Å². The third-order valence-corrected chi connectivity index (χ3v) is 2.96. The van der Waals surface area contributed by atoms with Crippen molar-refractivity contribution in [3.05, 3.63) is 59.2 Å². The molecule has 0 aliphatic heterocycles. The smallest absolute Gasteiger partial charge is 0.193 e. The van der Waals surface area contributed by atoms with Crippen LogP contribution < -0.4 is 9.47 Å².